The predicted molar refractivity (Wildman–Crippen MR) is 110 cm³/mol. The highest BCUT2D eigenvalue weighted by atomic mass is 19.3. The van der Waals surface area contributed by atoms with Crippen molar-refractivity contribution in [3.05, 3.63) is 64.4 Å². The molecule has 0 amide bonds. The van der Waals surface area contributed by atoms with Gasteiger partial charge in [-0.3, -0.25) is 9.25 Å². The minimum atomic E-state index is -2.61. The third-order valence-corrected chi connectivity index (χ3v) is 5.71. The minimum Gasteiger partial charge on any atom is -0.408 e. The van der Waals surface area contributed by atoms with E-state index in [0.717, 1.165) is 29.8 Å². The molecule has 0 bridgehead atoms. The van der Waals surface area contributed by atoms with Crippen LogP contribution in [0.5, 0.6) is 0 Å². The lowest BCUT2D eigenvalue weighted by molar-refractivity contribution is 0.152. The van der Waals surface area contributed by atoms with E-state index in [1.54, 1.807) is 43.3 Å². The number of hydrogen-bond acceptors (Lipinski definition) is 4. The smallest absolute Gasteiger partial charge is 0.408 e. The van der Waals surface area contributed by atoms with Crippen molar-refractivity contribution < 1.29 is 13.2 Å². The van der Waals surface area contributed by atoms with Crippen molar-refractivity contribution in [2.75, 3.05) is 11.4 Å². The summed E-state index contributed by atoms with van der Waals surface area (Å²) in [5, 5.41) is 4.13. The monoisotopic (exact) mass is 410 g/mol. The molecule has 0 atom stereocenters. The summed E-state index contributed by atoms with van der Waals surface area (Å²) in [5.41, 5.74) is 5.01. The number of aryl methyl sites for hydroxylation is 3. The van der Waals surface area contributed by atoms with E-state index in [0.29, 0.717) is 28.8 Å². The van der Waals surface area contributed by atoms with Crippen LogP contribution in [0.25, 0.3) is 22.2 Å². The molecule has 0 radical (unpaired) electrons. The van der Waals surface area contributed by atoms with Gasteiger partial charge in [0.1, 0.15) is 0 Å². The zero-order chi connectivity index (χ0) is 21.0. The van der Waals surface area contributed by atoms with Crippen LogP contribution in [0.3, 0.4) is 0 Å². The van der Waals surface area contributed by atoms with Crippen molar-refractivity contribution in [2.24, 2.45) is 14.1 Å². The molecule has 3 heterocycles. The molecule has 0 saturated carbocycles. The van der Waals surface area contributed by atoms with Gasteiger partial charge >= 0.3 is 5.76 Å². The van der Waals surface area contributed by atoms with Crippen LogP contribution in [-0.2, 0) is 20.5 Å². The number of nitrogens with zero attached hydrogens (tertiary/aromatic N) is 4. The Morgan fingerprint density at radius 2 is 2.00 bits per heavy atom. The molecule has 8 heteroatoms. The molecule has 5 rings (SSSR count). The number of fused-ring (bicyclic) bond motifs is 2. The highest BCUT2D eigenvalue weighted by molar-refractivity contribution is 5.82. The molecule has 0 spiro atoms. The lowest BCUT2D eigenvalue weighted by Gasteiger charge is -2.32. The van der Waals surface area contributed by atoms with Gasteiger partial charge in [0, 0.05) is 49.3 Å². The van der Waals surface area contributed by atoms with Crippen LogP contribution in [0.15, 0.2) is 51.9 Å². The molecule has 2 aromatic carbocycles. The first kappa shape index (κ1) is 18.6. The van der Waals surface area contributed by atoms with Gasteiger partial charge in [0.25, 0.3) is 6.43 Å². The topological polar surface area (TPSA) is 56.2 Å². The lowest BCUT2D eigenvalue weighted by Crippen LogP contribution is -2.25. The van der Waals surface area contributed by atoms with Crippen LogP contribution < -0.4 is 10.7 Å². The second-order valence-corrected chi connectivity index (χ2v) is 7.61. The maximum absolute atomic E-state index is 14.0. The summed E-state index contributed by atoms with van der Waals surface area (Å²) in [5.74, 6) is -0.428. The third-order valence-electron chi connectivity index (χ3n) is 5.71. The first-order valence-electron chi connectivity index (χ1n) is 9.73. The van der Waals surface area contributed by atoms with Crippen LogP contribution >= 0.6 is 0 Å². The zero-order valence-electron chi connectivity index (χ0n) is 16.6. The Morgan fingerprint density at radius 3 is 2.73 bits per heavy atom. The average Bonchev–Trinajstić information content (AvgIpc) is 3.29. The Bertz CT molecular complexity index is 1320. The molecule has 4 aromatic rings. The van der Waals surface area contributed by atoms with Gasteiger partial charge in [0.15, 0.2) is 5.58 Å². The standard InChI is InChI=1S/C22H20F2N4O2/c1-26-12-14(11-25-26)16-8-13-4-3-7-28(18(13)10-17(16)21(23)24)15-5-6-20-19(9-15)27(2)22(29)30-20/h5-6,8-12,21H,3-4,7H2,1-2H3. The van der Waals surface area contributed by atoms with Gasteiger partial charge in [0.2, 0.25) is 0 Å². The van der Waals surface area contributed by atoms with Crippen LogP contribution in [-0.4, -0.2) is 20.9 Å². The molecule has 1 aliphatic heterocycles. The Labute approximate surface area is 170 Å². The third kappa shape index (κ3) is 2.91. The second-order valence-electron chi connectivity index (χ2n) is 7.61. The van der Waals surface area contributed by atoms with Gasteiger partial charge in [-0.25, -0.2) is 13.6 Å². The van der Waals surface area contributed by atoms with Crippen molar-refractivity contribution >= 4 is 22.5 Å². The van der Waals surface area contributed by atoms with E-state index in [2.05, 4.69) is 5.10 Å². The van der Waals surface area contributed by atoms with Crippen molar-refractivity contribution in [1.82, 2.24) is 14.3 Å². The number of alkyl halides is 2. The summed E-state index contributed by atoms with van der Waals surface area (Å²) >= 11 is 0. The molecule has 154 valence electrons. The van der Waals surface area contributed by atoms with E-state index in [-0.39, 0.29) is 5.56 Å². The molecule has 30 heavy (non-hydrogen) atoms. The van der Waals surface area contributed by atoms with E-state index in [4.69, 9.17) is 4.42 Å². The second kappa shape index (κ2) is 6.83. The molecular weight excluding hydrogens is 390 g/mol. The SMILES string of the molecule is Cn1cc(-c2cc3c(cc2C(F)F)N(c2ccc4oc(=O)n(C)c4c2)CCC3)cn1. The summed E-state index contributed by atoms with van der Waals surface area (Å²) in [4.78, 5) is 13.8. The van der Waals surface area contributed by atoms with E-state index in [1.807, 2.05) is 23.1 Å². The maximum Gasteiger partial charge on any atom is 0.419 e. The summed E-state index contributed by atoms with van der Waals surface area (Å²) in [7, 11) is 3.42. The molecule has 0 aliphatic carbocycles. The van der Waals surface area contributed by atoms with Crippen molar-refractivity contribution in [2.45, 2.75) is 19.3 Å². The number of aromatic nitrogens is 3. The van der Waals surface area contributed by atoms with E-state index < -0.39 is 12.2 Å². The van der Waals surface area contributed by atoms with Crippen LogP contribution in [0.1, 0.15) is 24.0 Å². The minimum absolute atomic E-state index is 0.00885. The van der Waals surface area contributed by atoms with Crippen LogP contribution in [0.4, 0.5) is 20.2 Å². The number of halogens is 2. The largest absolute Gasteiger partial charge is 0.419 e. The first-order chi connectivity index (χ1) is 14.4. The van der Waals surface area contributed by atoms with Crippen LogP contribution in [0, 0.1) is 0 Å². The highest BCUT2D eigenvalue weighted by Gasteiger charge is 2.25. The molecule has 2 aromatic heterocycles. The first-order valence-corrected chi connectivity index (χ1v) is 9.73. The summed E-state index contributed by atoms with van der Waals surface area (Å²) in [6, 6.07) is 8.94. The Balaban J connectivity index is 1.66. The van der Waals surface area contributed by atoms with Crippen molar-refractivity contribution in [3.8, 4) is 11.1 Å². The lowest BCUT2D eigenvalue weighted by atomic mass is 9.93. The summed E-state index contributed by atoms with van der Waals surface area (Å²) in [6.45, 7) is 0.708. The fourth-order valence-corrected chi connectivity index (χ4v) is 4.19. The highest BCUT2D eigenvalue weighted by Crippen LogP contribution is 2.41. The van der Waals surface area contributed by atoms with Crippen LogP contribution in [0.2, 0.25) is 0 Å². The van der Waals surface area contributed by atoms with Gasteiger partial charge in [-0.1, -0.05) is 0 Å². The van der Waals surface area contributed by atoms with Crippen molar-refractivity contribution in [3.63, 3.8) is 0 Å². The fourth-order valence-electron chi connectivity index (χ4n) is 4.19. The van der Waals surface area contributed by atoms with Gasteiger partial charge in [-0.2, -0.15) is 5.10 Å². The number of benzene rings is 2. The Morgan fingerprint density at radius 1 is 1.17 bits per heavy atom. The van der Waals surface area contributed by atoms with Gasteiger partial charge in [-0.15, -0.1) is 0 Å². The van der Waals surface area contributed by atoms with E-state index in [9.17, 15) is 13.6 Å². The summed E-state index contributed by atoms with van der Waals surface area (Å²) < 4.78 is 36.2. The number of anilines is 2. The normalized spacial score (nSPS) is 14.0. The molecule has 0 fully saturated rings. The molecule has 0 N–H and O–H groups in total. The number of rotatable bonds is 3. The predicted octanol–water partition coefficient (Wildman–Crippen LogP) is 4.55. The molecule has 0 unspecified atom stereocenters. The number of oxazole rings is 1. The Kier molecular flexibility index (Phi) is 4.23. The average molecular weight is 410 g/mol. The van der Waals surface area contributed by atoms with E-state index in [1.165, 1.54) is 4.57 Å². The zero-order valence-corrected chi connectivity index (χ0v) is 16.6. The number of hydrogen-bond donors (Lipinski definition) is 0. The fraction of sp³-hybridized carbons (Fsp3) is 0.273. The van der Waals surface area contributed by atoms with Crippen molar-refractivity contribution in [1.29, 1.82) is 0 Å². The Hall–Kier alpha value is -3.42. The summed E-state index contributed by atoms with van der Waals surface area (Å²) in [6.07, 6.45) is 2.47. The molecule has 6 nitrogen and oxygen atoms in total. The molecule has 1 aliphatic rings. The molecule has 0 saturated heterocycles. The van der Waals surface area contributed by atoms with Gasteiger partial charge in [-0.05, 0) is 54.3 Å². The molecular formula is C22H20F2N4O2. The quantitative estimate of drug-likeness (QED) is 0.497. The van der Waals surface area contributed by atoms with E-state index >= 15 is 0 Å². The van der Waals surface area contributed by atoms with Gasteiger partial charge < -0.3 is 9.32 Å². The van der Waals surface area contributed by atoms with Gasteiger partial charge in [0.05, 0.1) is 11.7 Å². The maximum atomic E-state index is 14.0.